The quantitative estimate of drug-likeness (QED) is 0.555. The van der Waals surface area contributed by atoms with Gasteiger partial charge in [0.1, 0.15) is 6.04 Å². The van der Waals surface area contributed by atoms with Crippen LogP contribution in [0.3, 0.4) is 0 Å². The van der Waals surface area contributed by atoms with E-state index in [1.807, 2.05) is 6.92 Å². The van der Waals surface area contributed by atoms with E-state index in [1.165, 1.54) is 0 Å². The highest BCUT2D eigenvalue weighted by molar-refractivity contribution is 7.59. The van der Waals surface area contributed by atoms with Crippen LogP contribution in [-0.4, -0.2) is 35.4 Å². The zero-order valence-electron chi connectivity index (χ0n) is 7.21. The predicted octanol–water partition coefficient (Wildman–Crippen LogP) is -0.0656. The van der Waals surface area contributed by atoms with Gasteiger partial charge in [-0.05, 0) is 19.4 Å². The Labute approximate surface area is 79.4 Å². The summed E-state index contributed by atoms with van der Waals surface area (Å²) in [6.45, 7) is 2.55. The van der Waals surface area contributed by atoms with Crippen LogP contribution >= 0.6 is 13.5 Å². The molecule has 3 N–H and O–H groups in total. The van der Waals surface area contributed by atoms with Crippen molar-refractivity contribution in [3.8, 4) is 0 Å². The molecule has 0 saturated heterocycles. The van der Waals surface area contributed by atoms with Crippen molar-refractivity contribution in [3.05, 3.63) is 0 Å². The number of carbonyl (C=O) groups is 1. The SMILES string of the molecule is CCCN[C@@H](CCO)C(=O)O.S. The summed E-state index contributed by atoms with van der Waals surface area (Å²) in [5, 5.41) is 19.8. The Hall–Kier alpha value is -0.260. The van der Waals surface area contributed by atoms with Gasteiger partial charge in [0.25, 0.3) is 0 Å². The highest BCUT2D eigenvalue weighted by atomic mass is 32.1. The third kappa shape index (κ3) is 6.45. The maximum atomic E-state index is 10.4. The molecular formula is C7H17NO3S. The number of carboxylic acid groups (broad SMARTS) is 1. The maximum Gasteiger partial charge on any atom is 0.320 e. The summed E-state index contributed by atoms with van der Waals surface area (Å²) >= 11 is 0. The van der Waals surface area contributed by atoms with Gasteiger partial charge < -0.3 is 15.5 Å². The van der Waals surface area contributed by atoms with E-state index in [4.69, 9.17) is 10.2 Å². The fourth-order valence-corrected chi connectivity index (χ4v) is 0.761. The molecule has 0 aliphatic rings. The highest BCUT2D eigenvalue weighted by Crippen LogP contribution is 1.90. The molecule has 74 valence electrons. The van der Waals surface area contributed by atoms with Crippen LogP contribution in [0.5, 0.6) is 0 Å². The Bertz CT molecular complexity index is 121. The second-order valence-electron chi connectivity index (χ2n) is 2.36. The van der Waals surface area contributed by atoms with Crippen LogP contribution in [-0.2, 0) is 4.79 Å². The molecule has 0 aromatic heterocycles. The Morgan fingerprint density at radius 2 is 2.17 bits per heavy atom. The van der Waals surface area contributed by atoms with Crippen molar-refractivity contribution in [1.29, 1.82) is 0 Å². The van der Waals surface area contributed by atoms with E-state index in [9.17, 15) is 4.79 Å². The molecule has 0 unspecified atom stereocenters. The van der Waals surface area contributed by atoms with Gasteiger partial charge in [-0.1, -0.05) is 6.92 Å². The van der Waals surface area contributed by atoms with Crippen LogP contribution in [0.2, 0.25) is 0 Å². The van der Waals surface area contributed by atoms with Gasteiger partial charge in [-0.15, -0.1) is 0 Å². The van der Waals surface area contributed by atoms with Crippen LogP contribution < -0.4 is 5.32 Å². The summed E-state index contributed by atoms with van der Waals surface area (Å²) in [4.78, 5) is 10.4. The van der Waals surface area contributed by atoms with Gasteiger partial charge in [-0.3, -0.25) is 4.79 Å². The Kier molecular flexibility index (Phi) is 10.5. The smallest absolute Gasteiger partial charge is 0.320 e. The van der Waals surface area contributed by atoms with Gasteiger partial charge in [0.15, 0.2) is 0 Å². The van der Waals surface area contributed by atoms with E-state index in [-0.39, 0.29) is 26.5 Å². The van der Waals surface area contributed by atoms with Gasteiger partial charge in [-0.25, -0.2) is 0 Å². The number of aliphatic carboxylic acids is 1. The Morgan fingerprint density at radius 1 is 1.58 bits per heavy atom. The molecule has 0 saturated carbocycles. The summed E-state index contributed by atoms with van der Waals surface area (Å²) in [6.07, 6.45) is 1.17. The lowest BCUT2D eigenvalue weighted by atomic mass is 10.2. The lowest BCUT2D eigenvalue weighted by molar-refractivity contribution is -0.139. The monoisotopic (exact) mass is 195 g/mol. The molecule has 1 atom stereocenters. The summed E-state index contributed by atoms with van der Waals surface area (Å²) in [5.41, 5.74) is 0. The molecule has 5 heteroatoms. The standard InChI is InChI=1S/C7H15NO3.H2S/c1-2-4-8-6(3-5-9)7(10)11;/h6,8-9H,2-5H2,1H3,(H,10,11);1H2/t6-;/m0./s1. The van der Waals surface area contributed by atoms with Gasteiger partial charge in [0.2, 0.25) is 0 Å². The fourth-order valence-electron chi connectivity index (χ4n) is 0.761. The van der Waals surface area contributed by atoms with Crippen molar-refractivity contribution in [3.63, 3.8) is 0 Å². The average Bonchev–Trinajstić information content (AvgIpc) is 1.97. The third-order valence-electron chi connectivity index (χ3n) is 1.36. The molecule has 4 nitrogen and oxygen atoms in total. The number of hydrogen-bond acceptors (Lipinski definition) is 3. The average molecular weight is 195 g/mol. The molecule has 0 rings (SSSR count). The van der Waals surface area contributed by atoms with Gasteiger partial charge in [0.05, 0.1) is 0 Å². The lowest BCUT2D eigenvalue weighted by Crippen LogP contribution is -2.37. The van der Waals surface area contributed by atoms with Crippen molar-refractivity contribution in [2.24, 2.45) is 0 Å². The van der Waals surface area contributed by atoms with Gasteiger partial charge >= 0.3 is 5.97 Å². The molecule has 12 heavy (non-hydrogen) atoms. The molecule has 0 fully saturated rings. The minimum atomic E-state index is -0.896. The summed E-state index contributed by atoms with van der Waals surface area (Å²) in [5.74, 6) is -0.896. The van der Waals surface area contributed by atoms with Crippen molar-refractivity contribution in [2.75, 3.05) is 13.2 Å². The van der Waals surface area contributed by atoms with Crippen molar-refractivity contribution in [2.45, 2.75) is 25.8 Å². The van der Waals surface area contributed by atoms with Crippen molar-refractivity contribution < 1.29 is 15.0 Å². The molecule has 0 aliphatic heterocycles. The molecule has 0 aliphatic carbocycles. The maximum absolute atomic E-state index is 10.4. The van der Waals surface area contributed by atoms with E-state index >= 15 is 0 Å². The van der Waals surface area contributed by atoms with E-state index in [0.717, 1.165) is 6.42 Å². The molecule has 0 aromatic rings. The number of aliphatic hydroxyl groups excluding tert-OH is 1. The van der Waals surface area contributed by atoms with Crippen LogP contribution in [0.25, 0.3) is 0 Å². The van der Waals surface area contributed by atoms with Gasteiger partial charge in [0, 0.05) is 6.61 Å². The topological polar surface area (TPSA) is 69.6 Å². The first-order valence-corrected chi connectivity index (χ1v) is 3.79. The molecule has 0 aromatic carbocycles. The second kappa shape index (κ2) is 8.83. The zero-order chi connectivity index (χ0) is 8.69. The molecule has 0 radical (unpaired) electrons. The fraction of sp³-hybridized carbons (Fsp3) is 0.857. The summed E-state index contributed by atoms with van der Waals surface area (Å²) < 4.78 is 0. The summed E-state index contributed by atoms with van der Waals surface area (Å²) in [6, 6.07) is -0.597. The molecule has 0 amide bonds. The predicted molar refractivity (Wildman–Crippen MR) is 51.8 cm³/mol. The number of carboxylic acids is 1. The van der Waals surface area contributed by atoms with Gasteiger partial charge in [-0.2, -0.15) is 13.5 Å². The molecular weight excluding hydrogens is 178 g/mol. The van der Waals surface area contributed by atoms with Crippen molar-refractivity contribution in [1.82, 2.24) is 5.32 Å². The Balaban J connectivity index is 0. The van der Waals surface area contributed by atoms with E-state index in [0.29, 0.717) is 6.54 Å². The summed E-state index contributed by atoms with van der Waals surface area (Å²) in [7, 11) is 0. The van der Waals surface area contributed by atoms with Crippen molar-refractivity contribution >= 4 is 19.5 Å². The molecule has 0 bridgehead atoms. The molecule has 0 spiro atoms. The molecule has 0 heterocycles. The third-order valence-corrected chi connectivity index (χ3v) is 1.36. The number of hydrogen-bond donors (Lipinski definition) is 3. The first-order valence-electron chi connectivity index (χ1n) is 3.79. The van der Waals surface area contributed by atoms with Crippen LogP contribution in [0.1, 0.15) is 19.8 Å². The second-order valence-corrected chi connectivity index (χ2v) is 2.36. The number of rotatable bonds is 6. The first-order chi connectivity index (χ1) is 5.22. The minimum absolute atomic E-state index is 0. The van der Waals surface area contributed by atoms with Crippen LogP contribution in [0.15, 0.2) is 0 Å². The van der Waals surface area contributed by atoms with Crippen LogP contribution in [0, 0.1) is 0 Å². The lowest BCUT2D eigenvalue weighted by Gasteiger charge is -2.11. The first kappa shape index (κ1) is 14.3. The largest absolute Gasteiger partial charge is 0.480 e. The van der Waals surface area contributed by atoms with E-state index in [2.05, 4.69) is 5.32 Å². The van der Waals surface area contributed by atoms with E-state index in [1.54, 1.807) is 0 Å². The number of nitrogens with one attached hydrogen (secondary N) is 1. The number of aliphatic hydroxyl groups is 1. The van der Waals surface area contributed by atoms with E-state index < -0.39 is 12.0 Å². The minimum Gasteiger partial charge on any atom is -0.480 e. The zero-order valence-corrected chi connectivity index (χ0v) is 8.21. The van der Waals surface area contributed by atoms with Crippen LogP contribution in [0.4, 0.5) is 0 Å². The Morgan fingerprint density at radius 3 is 2.50 bits per heavy atom. The highest BCUT2D eigenvalue weighted by Gasteiger charge is 2.14. The normalized spacial score (nSPS) is 11.8.